The molecule has 0 saturated heterocycles. The summed E-state index contributed by atoms with van der Waals surface area (Å²) >= 11 is 0. The molecule has 0 aliphatic heterocycles. The van der Waals surface area contributed by atoms with Crippen molar-refractivity contribution in [1.29, 1.82) is 0 Å². The van der Waals surface area contributed by atoms with E-state index in [0.717, 1.165) is 27.6 Å². The summed E-state index contributed by atoms with van der Waals surface area (Å²) in [5, 5.41) is 8.55. The lowest BCUT2D eigenvalue weighted by atomic mass is 9.81. The van der Waals surface area contributed by atoms with Crippen LogP contribution in [0, 0.1) is 0 Å². The number of hydrogen-bond acceptors (Lipinski definition) is 1. The average molecular weight is 691 g/mol. The Balaban J connectivity index is 1.11. The molecule has 0 N–H and O–H groups in total. The van der Waals surface area contributed by atoms with Gasteiger partial charge in [-0.25, -0.2) is 0 Å². The smallest absolute Gasteiger partial charge is 0.159 e. The van der Waals surface area contributed by atoms with Crippen molar-refractivity contribution in [2.45, 2.75) is 19.3 Å². The Bertz CT molecular complexity index is 3360. The minimum Gasteiger partial charge on any atom is -0.454 e. The molecule has 1 aliphatic rings. The number of para-hydroxylation sites is 3. The predicted octanol–water partition coefficient (Wildman–Crippen LogP) is 13.8. The van der Waals surface area contributed by atoms with Crippen molar-refractivity contribution in [3.05, 3.63) is 181 Å². The van der Waals surface area contributed by atoms with Crippen molar-refractivity contribution < 1.29 is 4.42 Å². The second kappa shape index (κ2) is 10.6. The molecule has 12 rings (SSSR count). The van der Waals surface area contributed by atoms with Gasteiger partial charge in [-0.3, -0.25) is 0 Å². The van der Waals surface area contributed by atoms with Crippen LogP contribution in [0.1, 0.15) is 25.0 Å². The van der Waals surface area contributed by atoms with Gasteiger partial charge >= 0.3 is 0 Å². The summed E-state index contributed by atoms with van der Waals surface area (Å²) in [6.07, 6.45) is 0. The molecule has 0 bridgehead atoms. The lowest BCUT2D eigenvalue weighted by Gasteiger charge is -2.21. The van der Waals surface area contributed by atoms with Crippen molar-refractivity contribution in [3.63, 3.8) is 0 Å². The molecule has 0 radical (unpaired) electrons. The third-order valence-electron chi connectivity index (χ3n) is 12.1. The molecule has 0 amide bonds. The molecule has 3 nitrogen and oxygen atoms in total. The zero-order chi connectivity index (χ0) is 35.7. The predicted molar refractivity (Wildman–Crippen MR) is 225 cm³/mol. The van der Waals surface area contributed by atoms with Crippen molar-refractivity contribution in [1.82, 2.24) is 9.13 Å². The van der Waals surface area contributed by atoms with Crippen LogP contribution in [0.5, 0.6) is 0 Å². The maximum absolute atomic E-state index is 6.66. The van der Waals surface area contributed by atoms with Crippen LogP contribution in [0.25, 0.3) is 99.2 Å². The molecular formula is C51H34N2O. The fraction of sp³-hybridized carbons (Fsp3) is 0.0588. The zero-order valence-electron chi connectivity index (χ0n) is 30.0. The summed E-state index contributed by atoms with van der Waals surface area (Å²) in [7, 11) is 0. The number of rotatable bonds is 3. The minimum atomic E-state index is -0.189. The SMILES string of the molecule is CC1(C)c2ccccc2-c2c1c1cc(-c3ccc4c(c3)c3ccccc3n4-c3cccc4ccccc34)ccc1n2-c1cccc2c1oc1ccccc12. The van der Waals surface area contributed by atoms with Crippen LogP contribution in [-0.4, -0.2) is 9.13 Å². The Hall–Kier alpha value is -6.84. The van der Waals surface area contributed by atoms with Gasteiger partial charge in [0.15, 0.2) is 5.58 Å². The van der Waals surface area contributed by atoms with Crippen molar-refractivity contribution in [2.75, 3.05) is 0 Å². The van der Waals surface area contributed by atoms with E-state index in [1.165, 1.54) is 82.7 Å². The van der Waals surface area contributed by atoms with Gasteiger partial charge in [0, 0.05) is 43.3 Å². The normalized spacial score (nSPS) is 13.5. The van der Waals surface area contributed by atoms with Gasteiger partial charge in [-0.1, -0.05) is 135 Å². The lowest BCUT2D eigenvalue weighted by molar-refractivity contribution is 0.663. The minimum absolute atomic E-state index is 0.189. The molecule has 0 spiro atoms. The molecular weight excluding hydrogens is 657 g/mol. The molecule has 1 aliphatic carbocycles. The maximum Gasteiger partial charge on any atom is 0.159 e. The molecule has 11 aromatic rings. The summed E-state index contributed by atoms with van der Waals surface area (Å²) in [5.41, 5.74) is 15.2. The van der Waals surface area contributed by atoms with E-state index in [4.69, 9.17) is 4.42 Å². The summed E-state index contributed by atoms with van der Waals surface area (Å²) < 4.78 is 11.6. The third kappa shape index (κ3) is 3.85. The van der Waals surface area contributed by atoms with E-state index in [1.54, 1.807) is 0 Å². The van der Waals surface area contributed by atoms with Gasteiger partial charge in [0.1, 0.15) is 5.58 Å². The first-order valence-corrected chi connectivity index (χ1v) is 18.8. The first-order chi connectivity index (χ1) is 26.6. The molecule has 3 heterocycles. The van der Waals surface area contributed by atoms with Gasteiger partial charge in [-0.15, -0.1) is 0 Å². The molecule has 3 heteroatoms. The van der Waals surface area contributed by atoms with E-state index in [-0.39, 0.29) is 5.41 Å². The quantitative estimate of drug-likeness (QED) is 0.181. The second-order valence-electron chi connectivity index (χ2n) is 15.3. The van der Waals surface area contributed by atoms with Crippen LogP contribution in [-0.2, 0) is 5.41 Å². The number of aromatic nitrogens is 2. The van der Waals surface area contributed by atoms with Gasteiger partial charge < -0.3 is 13.6 Å². The van der Waals surface area contributed by atoms with E-state index in [0.29, 0.717) is 0 Å². The van der Waals surface area contributed by atoms with Crippen molar-refractivity contribution in [3.8, 4) is 33.8 Å². The highest BCUT2D eigenvalue weighted by Gasteiger charge is 2.41. The number of furan rings is 1. The molecule has 254 valence electrons. The molecule has 0 atom stereocenters. The van der Waals surface area contributed by atoms with Crippen LogP contribution in [0.15, 0.2) is 174 Å². The van der Waals surface area contributed by atoms with E-state index in [1.807, 2.05) is 6.07 Å². The Morgan fingerprint density at radius 2 is 1.06 bits per heavy atom. The molecule has 0 fully saturated rings. The topological polar surface area (TPSA) is 23.0 Å². The van der Waals surface area contributed by atoms with E-state index < -0.39 is 0 Å². The van der Waals surface area contributed by atoms with Crippen LogP contribution in [0.3, 0.4) is 0 Å². The number of nitrogens with zero attached hydrogens (tertiary/aromatic N) is 2. The zero-order valence-corrected chi connectivity index (χ0v) is 30.0. The second-order valence-corrected chi connectivity index (χ2v) is 15.3. The maximum atomic E-state index is 6.66. The van der Waals surface area contributed by atoms with E-state index >= 15 is 0 Å². The number of hydrogen-bond donors (Lipinski definition) is 0. The Morgan fingerprint density at radius 3 is 1.93 bits per heavy atom. The molecule has 0 saturated carbocycles. The Kier molecular flexibility index (Phi) is 5.84. The highest BCUT2D eigenvalue weighted by Crippen LogP contribution is 2.54. The standard InChI is InChI=1S/C51H34N2O/c1-51(2)41-20-8-5-18-38(41)49-48(51)40-30-33(26-28-45(40)53(49)46-23-12-19-37-36-17-7-10-24-47(36)54-50(37)46)32-25-27-44-39(29-32)35-16-6-9-21-43(35)52(44)42-22-11-14-31-13-3-4-15-34(31)42/h3-30H,1-2H3. The summed E-state index contributed by atoms with van der Waals surface area (Å²) in [5.74, 6) is 0. The van der Waals surface area contributed by atoms with Gasteiger partial charge in [0.25, 0.3) is 0 Å². The van der Waals surface area contributed by atoms with Crippen molar-refractivity contribution in [2.24, 2.45) is 0 Å². The fourth-order valence-electron chi connectivity index (χ4n) is 9.70. The highest BCUT2D eigenvalue weighted by atomic mass is 16.3. The monoisotopic (exact) mass is 690 g/mol. The molecule has 3 aromatic heterocycles. The van der Waals surface area contributed by atoms with Gasteiger partial charge in [-0.2, -0.15) is 0 Å². The average Bonchev–Trinajstić information content (AvgIpc) is 3.93. The van der Waals surface area contributed by atoms with E-state index in [9.17, 15) is 0 Å². The third-order valence-corrected chi connectivity index (χ3v) is 12.1. The van der Waals surface area contributed by atoms with Crippen molar-refractivity contribution >= 4 is 65.4 Å². The summed E-state index contributed by atoms with van der Waals surface area (Å²) in [4.78, 5) is 0. The van der Waals surface area contributed by atoms with Crippen LogP contribution < -0.4 is 0 Å². The highest BCUT2D eigenvalue weighted by molar-refractivity contribution is 6.13. The van der Waals surface area contributed by atoms with Crippen LogP contribution in [0.4, 0.5) is 0 Å². The number of fused-ring (bicyclic) bond motifs is 12. The van der Waals surface area contributed by atoms with E-state index in [2.05, 4.69) is 187 Å². The number of benzene rings is 8. The largest absolute Gasteiger partial charge is 0.454 e. The lowest BCUT2D eigenvalue weighted by Crippen LogP contribution is -2.14. The molecule has 54 heavy (non-hydrogen) atoms. The Labute approximate surface area is 311 Å². The van der Waals surface area contributed by atoms with Crippen LogP contribution in [0.2, 0.25) is 0 Å². The van der Waals surface area contributed by atoms with Gasteiger partial charge in [-0.05, 0) is 76.2 Å². The summed E-state index contributed by atoms with van der Waals surface area (Å²) in [6, 6.07) is 62.0. The first-order valence-electron chi connectivity index (χ1n) is 18.8. The Morgan fingerprint density at radius 1 is 0.444 bits per heavy atom. The molecule has 0 unspecified atom stereocenters. The van der Waals surface area contributed by atoms with Crippen LogP contribution >= 0.6 is 0 Å². The summed E-state index contributed by atoms with van der Waals surface area (Å²) in [6.45, 7) is 4.76. The first kappa shape index (κ1) is 29.7. The van der Waals surface area contributed by atoms with Gasteiger partial charge in [0.05, 0.1) is 33.6 Å². The van der Waals surface area contributed by atoms with Gasteiger partial charge in [0.2, 0.25) is 0 Å². The fourth-order valence-corrected chi connectivity index (χ4v) is 9.70. The molecule has 8 aromatic carbocycles.